The van der Waals surface area contributed by atoms with E-state index in [1.165, 1.54) is 11.3 Å². The first-order valence-electron chi connectivity index (χ1n) is 9.12. The second kappa shape index (κ2) is 7.82. The third-order valence-electron chi connectivity index (χ3n) is 4.75. The molecule has 1 aliphatic rings. The van der Waals surface area contributed by atoms with Crippen molar-refractivity contribution >= 4 is 45.0 Å². The Labute approximate surface area is 176 Å². The smallest absolute Gasteiger partial charge is 0.251 e. The van der Waals surface area contributed by atoms with Crippen LogP contribution in [0, 0.1) is 11.3 Å². The number of fused-ring (bicyclic) bond motifs is 1. The second-order valence-corrected chi connectivity index (χ2v) is 8.55. The molecular weight excluding hydrogens is 408 g/mol. The van der Waals surface area contributed by atoms with E-state index in [-0.39, 0.29) is 6.42 Å². The van der Waals surface area contributed by atoms with Gasteiger partial charge in [0.15, 0.2) is 0 Å². The number of para-hydroxylation sites is 1. The lowest BCUT2D eigenvalue weighted by molar-refractivity contribution is -0.123. The number of carbonyl (C=O) groups is 2. The number of thiazole rings is 1. The molecule has 4 rings (SSSR count). The molecule has 8 heteroatoms. The third kappa shape index (κ3) is 4.39. The van der Waals surface area contributed by atoms with Crippen LogP contribution in [0.25, 0.3) is 10.2 Å². The van der Waals surface area contributed by atoms with Gasteiger partial charge in [-0.05, 0) is 43.2 Å². The van der Waals surface area contributed by atoms with Gasteiger partial charge in [0.2, 0.25) is 5.91 Å². The number of hydrogen-bond acceptors (Lipinski definition) is 5. The van der Waals surface area contributed by atoms with Crippen LogP contribution in [0.3, 0.4) is 0 Å². The number of aromatic nitrogens is 1. The van der Waals surface area contributed by atoms with Crippen molar-refractivity contribution in [2.75, 3.05) is 0 Å². The van der Waals surface area contributed by atoms with Gasteiger partial charge in [-0.1, -0.05) is 29.8 Å². The number of carbonyl (C=O) groups excluding carboxylic acids is 2. The van der Waals surface area contributed by atoms with Gasteiger partial charge in [0.05, 0.1) is 21.3 Å². The number of nitriles is 1. The number of hydrogen-bond donors (Lipinski definition) is 2. The average molecular weight is 425 g/mol. The van der Waals surface area contributed by atoms with Crippen molar-refractivity contribution in [1.82, 2.24) is 15.6 Å². The van der Waals surface area contributed by atoms with Crippen molar-refractivity contribution in [2.45, 2.75) is 30.8 Å². The van der Waals surface area contributed by atoms with E-state index in [0.717, 1.165) is 15.2 Å². The van der Waals surface area contributed by atoms with Crippen molar-refractivity contribution in [3.63, 3.8) is 0 Å². The summed E-state index contributed by atoms with van der Waals surface area (Å²) in [6, 6.07) is 15.5. The van der Waals surface area contributed by atoms with Gasteiger partial charge in [-0.2, -0.15) is 5.26 Å². The summed E-state index contributed by atoms with van der Waals surface area (Å²) in [5.41, 5.74) is 0.397. The fraction of sp³-hybridized carbons (Fsp3) is 0.238. The number of rotatable bonds is 6. The molecule has 1 aromatic heterocycles. The lowest BCUT2D eigenvalue weighted by Crippen LogP contribution is -2.51. The summed E-state index contributed by atoms with van der Waals surface area (Å²) in [5.74, 6) is -0.797. The summed E-state index contributed by atoms with van der Waals surface area (Å²) in [5, 5.41) is 16.0. The molecule has 1 atom stereocenters. The van der Waals surface area contributed by atoms with Crippen LogP contribution in [-0.2, 0) is 11.2 Å². The molecule has 2 aromatic carbocycles. The number of nitrogens with one attached hydrogen (secondary N) is 2. The maximum absolute atomic E-state index is 12.9. The van der Waals surface area contributed by atoms with E-state index in [4.69, 9.17) is 11.6 Å². The monoisotopic (exact) mass is 424 g/mol. The molecule has 0 bridgehead atoms. The van der Waals surface area contributed by atoms with Crippen LogP contribution in [0.4, 0.5) is 0 Å². The minimum absolute atomic E-state index is 0.235. The van der Waals surface area contributed by atoms with Gasteiger partial charge in [0, 0.05) is 17.0 Å². The molecule has 1 heterocycles. The van der Waals surface area contributed by atoms with E-state index in [2.05, 4.69) is 21.7 Å². The van der Waals surface area contributed by atoms with Crippen LogP contribution in [0.2, 0.25) is 5.02 Å². The Balaban J connectivity index is 1.57. The Kier molecular flexibility index (Phi) is 5.22. The first kappa shape index (κ1) is 19.4. The van der Waals surface area contributed by atoms with Crippen molar-refractivity contribution in [3.05, 3.63) is 64.1 Å². The summed E-state index contributed by atoms with van der Waals surface area (Å²) in [6.45, 7) is 0. The van der Waals surface area contributed by atoms with Crippen LogP contribution in [0.15, 0.2) is 48.5 Å². The second-order valence-electron chi connectivity index (χ2n) is 7.00. The summed E-state index contributed by atoms with van der Waals surface area (Å²) >= 11 is 7.45. The highest BCUT2D eigenvalue weighted by molar-refractivity contribution is 7.18. The first-order chi connectivity index (χ1) is 14.0. The molecule has 2 N–H and O–H groups in total. The standard InChI is InChI=1S/C21H17ClN4O2S/c22-14-5-3-4-13(10-14)19(27)25-16(20(28)26-21(12-23)8-9-21)11-18-24-15-6-1-2-7-17(15)29-18/h1-7,10,16H,8-9,11H2,(H,25,27)(H,26,28). The van der Waals surface area contributed by atoms with Gasteiger partial charge in [-0.3, -0.25) is 9.59 Å². The number of amides is 2. The van der Waals surface area contributed by atoms with Crippen molar-refractivity contribution in [1.29, 1.82) is 5.26 Å². The minimum Gasteiger partial charge on any atom is -0.340 e. The normalized spacial score (nSPS) is 15.3. The molecule has 1 fully saturated rings. The minimum atomic E-state index is -0.854. The highest BCUT2D eigenvalue weighted by atomic mass is 35.5. The van der Waals surface area contributed by atoms with Crippen LogP contribution in [0.5, 0.6) is 0 Å². The van der Waals surface area contributed by atoms with Gasteiger partial charge in [-0.25, -0.2) is 4.98 Å². The Morgan fingerprint density at radius 3 is 2.72 bits per heavy atom. The molecule has 3 aromatic rings. The SMILES string of the molecule is N#CC1(NC(=O)C(Cc2nc3ccccc3s2)NC(=O)c2cccc(Cl)c2)CC1. The highest BCUT2D eigenvalue weighted by Gasteiger charge is 2.45. The molecule has 0 saturated heterocycles. The molecule has 6 nitrogen and oxygen atoms in total. The topological polar surface area (TPSA) is 94.9 Å². The average Bonchev–Trinajstić information content (AvgIpc) is 3.36. The Hall–Kier alpha value is -2.95. The predicted octanol–water partition coefficient (Wildman–Crippen LogP) is 3.46. The van der Waals surface area contributed by atoms with Gasteiger partial charge < -0.3 is 10.6 Å². The van der Waals surface area contributed by atoms with Crippen LogP contribution in [-0.4, -0.2) is 28.4 Å². The molecule has 1 saturated carbocycles. The quantitative estimate of drug-likeness (QED) is 0.633. The third-order valence-corrected chi connectivity index (χ3v) is 6.05. The molecule has 2 amide bonds. The Morgan fingerprint density at radius 2 is 2.03 bits per heavy atom. The zero-order valence-corrected chi connectivity index (χ0v) is 16.9. The molecule has 146 valence electrons. The number of nitrogens with zero attached hydrogens (tertiary/aromatic N) is 2. The van der Waals surface area contributed by atoms with E-state index < -0.39 is 23.4 Å². The fourth-order valence-electron chi connectivity index (χ4n) is 2.98. The summed E-state index contributed by atoms with van der Waals surface area (Å²) < 4.78 is 1.01. The summed E-state index contributed by atoms with van der Waals surface area (Å²) in [7, 11) is 0. The van der Waals surface area contributed by atoms with Gasteiger partial charge in [0.1, 0.15) is 11.6 Å². The highest BCUT2D eigenvalue weighted by Crippen LogP contribution is 2.34. The first-order valence-corrected chi connectivity index (χ1v) is 10.3. The van der Waals surface area contributed by atoms with Crippen molar-refractivity contribution in [3.8, 4) is 6.07 Å². The maximum Gasteiger partial charge on any atom is 0.251 e. The van der Waals surface area contributed by atoms with Gasteiger partial charge in [-0.15, -0.1) is 11.3 Å². The fourth-order valence-corrected chi connectivity index (χ4v) is 4.18. The maximum atomic E-state index is 12.9. The van der Waals surface area contributed by atoms with Gasteiger partial charge in [0.25, 0.3) is 5.91 Å². The lowest BCUT2D eigenvalue weighted by atomic mass is 10.1. The molecule has 1 aliphatic carbocycles. The van der Waals surface area contributed by atoms with Crippen LogP contribution < -0.4 is 10.6 Å². The van der Waals surface area contributed by atoms with E-state index in [9.17, 15) is 14.9 Å². The Morgan fingerprint density at radius 1 is 1.24 bits per heavy atom. The zero-order chi connectivity index (χ0) is 20.4. The van der Waals surface area contributed by atoms with Crippen molar-refractivity contribution < 1.29 is 9.59 Å². The van der Waals surface area contributed by atoms with E-state index >= 15 is 0 Å². The van der Waals surface area contributed by atoms with Crippen LogP contribution in [0.1, 0.15) is 28.2 Å². The molecule has 1 unspecified atom stereocenters. The van der Waals surface area contributed by atoms with Gasteiger partial charge >= 0.3 is 0 Å². The molecule has 0 aliphatic heterocycles. The van der Waals surface area contributed by atoms with Crippen molar-refractivity contribution in [2.24, 2.45) is 0 Å². The van der Waals surface area contributed by atoms with Crippen LogP contribution >= 0.6 is 22.9 Å². The summed E-state index contributed by atoms with van der Waals surface area (Å²) in [6.07, 6.45) is 1.47. The number of benzene rings is 2. The van der Waals surface area contributed by atoms with E-state index in [1.807, 2.05) is 24.3 Å². The lowest BCUT2D eigenvalue weighted by Gasteiger charge is -2.19. The molecule has 29 heavy (non-hydrogen) atoms. The molecular formula is C21H17ClN4O2S. The molecule has 0 spiro atoms. The Bertz CT molecular complexity index is 1100. The summed E-state index contributed by atoms with van der Waals surface area (Å²) in [4.78, 5) is 30.1. The zero-order valence-electron chi connectivity index (χ0n) is 15.3. The largest absolute Gasteiger partial charge is 0.340 e. The predicted molar refractivity (Wildman–Crippen MR) is 112 cm³/mol. The van der Waals surface area contributed by atoms with E-state index in [1.54, 1.807) is 24.3 Å². The molecule has 0 radical (unpaired) electrons. The number of halogens is 1. The van der Waals surface area contributed by atoms with E-state index in [0.29, 0.717) is 23.4 Å².